The summed E-state index contributed by atoms with van der Waals surface area (Å²) < 4.78 is 158. The molecule has 0 aliphatic heterocycles. The zero-order valence-electron chi connectivity index (χ0n) is 28.1. The lowest BCUT2D eigenvalue weighted by atomic mass is 10.2. The SMILES string of the molecule is C=Cc1cc(NN(Nc2cc(C)c(S(=O)(=O)CCOS(=O)(=O)O)cc2OC)c2ccc(OC)c(S(=O)(=O)CCOS(=O)(=O)O)c2)ccc1S(=O)(=O)C=C. The zero-order valence-corrected chi connectivity index (χ0v) is 32.2. The Bertz CT molecular complexity index is 2430. The van der Waals surface area contributed by atoms with E-state index in [0.717, 1.165) is 22.7 Å². The molecule has 3 rings (SSSR count). The van der Waals surface area contributed by atoms with Crippen molar-refractivity contribution in [3.63, 3.8) is 0 Å². The van der Waals surface area contributed by atoms with E-state index in [1.807, 2.05) is 0 Å². The van der Waals surface area contributed by atoms with Crippen LogP contribution in [0.25, 0.3) is 6.08 Å². The van der Waals surface area contributed by atoms with Crippen LogP contribution in [0.1, 0.15) is 11.1 Å². The topological polar surface area (TPSA) is 275 Å². The van der Waals surface area contributed by atoms with Gasteiger partial charge in [-0.2, -0.15) is 22.0 Å². The predicted molar refractivity (Wildman–Crippen MR) is 193 cm³/mol. The summed E-state index contributed by atoms with van der Waals surface area (Å²) in [6.45, 7) is 6.58. The van der Waals surface area contributed by atoms with E-state index >= 15 is 0 Å². The minimum Gasteiger partial charge on any atom is -0.495 e. The van der Waals surface area contributed by atoms with Crippen molar-refractivity contribution in [3.8, 4) is 11.5 Å². The minimum absolute atomic E-state index is 0.0294. The lowest BCUT2D eigenvalue weighted by molar-refractivity contribution is 0.282. The van der Waals surface area contributed by atoms with Gasteiger partial charge < -0.3 is 9.47 Å². The molecule has 19 nitrogen and oxygen atoms in total. The molecule has 292 valence electrons. The Balaban J connectivity index is 2.19. The van der Waals surface area contributed by atoms with Gasteiger partial charge in [-0.3, -0.25) is 20.0 Å². The Morgan fingerprint density at radius 2 is 1.26 bits per heavy atom. The maximum Gasteiger partial charge on any atom is 0.397 e. The number of hydrogen-bond donors (Lipinski definition) is 4. The average molecular weight is 842 g/mol. The van der Waals surface area contributed by atoms with Crippen LogP contribution in [-0.4, -0.2) is 90.1 Å². The van der Waals surface area contributed by atoms with E-state index in [1.54, 1.807) is 0 Å². The molecular formula is C29H35N3O16S5. The Hall–Kier alpha value is -4.27. The van der Waals surface area contributed by atoms with E-state index in [2.05, 4.69) is 32.4 Å². The molecule has 0 saturated heterocycles. The lowest BCUT2D eigenvalue weighted by Crippen LogP contribution is -2.36. The minimum atomic E-state index is -4.95. The van der Waals surface area contributed by atoms with Crippen molar-refractivity contribution in [3.05, 3.63) is 78.2 Å². The second-order valence-corrected chi connectivity index (χ2v) is 18.7. The third-order valence-corrected chi connectivity index (χ3v) is 12.8. The first-order valence-electron chi connectivity index (χ1n) is 14.5. The molecule has 0 atom stereocenters. The first-order chi connectivity index (χ1) is 24.5. The number of nitrogens with one attached hydrogen (secondary N) is 2. The van der Waals surface area contributed by atoms with Gasteiger partial charge in [-0.05, 0) is 60.5 Å². The standard InChI is InChI=1S/C29H35N3O16S5/c1-6-21-17-22(8-11-27(21)49(33,34)7-2)30-32(23-9-10-25(45-4)29(18-23)51(37,38)15-13-48-53(42,43)44)31-24-16-20(3)28(19-26(24)46-5)50(35,36)14-12-47-52(39,40)41/h6-11,16-19,30-31H,1-2,12-15H2,3-5H3,(H,39,40,41)(H,42,43,44). The fourth-order valence-electron chi connectivity index (χ4n) is 4.56. The molecule has 4 N–H and O–H groups in total. The van der Waals surface area contributed by atoms with Crippen molar-refractivity contribution in [2.45, 2.75) is 21.6 Å². The highest BCUT2D eigenvalue weighted by molar-refractivity contribution is 7.94. The molecule has 0 aliphatic carbocycles. The van der Waals surface area contributed by atoms with Crippen molar-refractivity contribution in [2.75, 3.05) is 54.9 Å². The number of benzene rings is 3. The highest BCUT2D eigenvalue weighted by atomic mass is 32.3. The van der Waals surface area contributed by atoms with Gasteiger partial charge in [0, 0.05) is 11.5 Å². The molecule has 24 heteroatoms. The third-order valence-electron chi connectivity index (χ3n) is 6.97. The quantitative estimate of drug-likeness (QED) is 0.0940. The first kappa shape index (κ1) is 43.1. The van der Waals surface area contributed by atoms with Crippen LogP contribution in [0.4, 0.5) is 17.1 Å². The summed E-state index contributed by atoms with van der Waals surface area (Å²) in [6.07, 6.45) is 1.28. The zero-order chi connectivity index (χ0) is 40.0. The summed E-state index contributed by atoms with van der Waals surface area (Å²) in [5.74, 6) is -1.99. The molecule has 0 aliphatic rings. The number of sulfone groups is 3. The molecule has 0 amide bonds. The van der Waals surface area contributed by atoms with Crippen molar-refractivity contribution in [1.29, 1.82) is 0 Å². The predicted octanol–water partition coefficient (Wildman–Crippen LogP) is 2.62. The van der Waals surface area contributed by atoms with Crippen LogP contribution in [0.3, 0.4) is 0 Å². The van der Waals surface area contributed by atoms with Crippen LogP contribution in [-0.2, 0) is 58.7 Å². The maximum atomic E-state index is 13.3. The first-order valence-corrected chi connectivity index (χ1v) is 22.1. The molecule has 53 heavy (non-hydrogen) atoms. The van der Waals surface area contributed by atoms with Crippen LogP contribution in [0.15, 0.2) is 81.8 Å². The number of hydrazine groups is 2. The van der Waals surface area contributed by atoms with Crippen LogP contribution >= 0.6 is 0 Å². The van der Waals surface area contributed by atoms with E-state index in [4.69, 9.17) is 18.6 Å². The van der Waals surface area contributed by atoms with Gasteiger partial charge in [-0.1, -0.05) is 19.2 Å². The Kier molecular flexibility index (Phi) is 13.7. The molecule has 0 bridgehead atoms. The van der Waals surface area contributed by atoms with Crippen LogP contribution in [0.5, 0.6) is 11.5 Å². The second-order valence-electron chi connectivity index (χ2n) is 10.5. The average Bonchev–Trinajstić information content (AvgIpc) is 3.06. The Morgan fingerprint density at radius 3 is 1.77 bits per heavy atom. The van der Waals surface area contributed by atoms with Gasteiger partial charge in [0.05, 0.1) is 65.8 Å². The molecule has 0 unspecified atom stereocenters. The van der Waals surface area contributed by atoms with E-state index in [0.29, 0.717) is 0 Å². The number of methoxy groups -OCH3 is 2. The van der Waals surface area contributed by atoms with Crippen LogP contribution in [0.2, 0.25) is 0 Å². The fourth-order valence-corrected chi connectivity index (χ4v) is 8.91. The van der Waals surface area contributed by atoms with E-state index in [-0.39, 0.29) is 49.5 Å². The van der Waals surface area contributed by atoms with Crippen molar-refractivity contribution in [1.82, 2.24) is 0 Å². The number of hydrogen-bond acceptors (Lipinski definition) is 17. The van der Waals surface area contributed by atoms with Crippen molar-refractivity contribution >= 4 is 73.4 Å². The van der Waals surface area contributed by atoms with E-state index < -0.39 is 79.9 Å². The Morgan fingerprint density at radius 1 is 0.698 bits per heavy atom. The molecule has 0 spiro atoms. The van der Waals surface area contributed by atoms with Gasteiger partial charge in [-0.15, -0.1) is 0 Å². The van der Waals surface area contributed by atoms with Gasteiger partial charge in [0.25, 0.3) is 0 Å². The van der Waals surface area contributed by atoms with Gasteiger partial charge >= 0.3 is 20.8 Å². The van der Waals surface area contributed by atoms with E-state index in [9.17, 15) is 42.1 Å². The fraction of sp³-hybridized carbons (Fsp3) is 0.241. The molecular weight excluding hydrogens is 807 g/mol. The van der Waals surface area contributed by atoms with Crippen molar-refractivity contribution < 1.29 is 69.0 Å². The molecule has 0 heterocycles. The highest BCUT2D eigenvalue weighted by Gasteiger charge is 2.26. The van der Waals surface area contributed by atoms with Gasteiger partial charge in [0.1, 0.15) is 16.4 Å². The molecule has 3 aromatic rings. The largest absolute Gasteiger partial charge is 0.495 e. The molecule has 0 radical (unpaired) electrons. The number of aryl methyl sites for hydroxylation is 1. The summed E-state index contributed by atoms with van der Waals surface area (Å²) in [7, 11) is -19.9. The summed E-state index contributed by atoms with van der Waals surface area (Å²) in [5, 5.41) is 1.92. The number of anilines is 3. The van der Waals surface area contributed by atoms with Gasteiger partial charge in [-0.25, -0.2) is 33.6 Å². The number of rotatable bonds is 20. The Labute approximate surface area is 307 Å². The molecule has 0 saturated carbocycles. The smallest absolute Gasteiger partial charge is 0.397 e. The monoisotopic (exact) mass is 841 g/mol. The third kappa shape index (κ3) is 11.6. The molecule has 3 aromatic carbocycles. The number of ether oxygens (including phenoxy) is 2. The lowest BCUT2D eigenvalue weighted by Gasteiger charge is -2.29. The van der Waals surface area contributed by atoms with E-state index in [1.165, 1.54) is 63.6 Å². The summed E-state index contributed by atoms with van der Waals surface area (Å²) in [6, 6.07) is 10.3. The van der Waals surface area contributed by atoms with Crippen LogP contribution < -0.4 is 25.4 Å². The summed E-state index contributed by atoms with van der Waals surface area (Å²) in [4.78, 5) is -0.840. The molecule has 0 fully saturated rings. The second kappa shape index (κ2) is 16.8. The van der Waals surface area contributed by atoms with Gasteiger partial charge in [0.2, 0.25) is 0 Å². The van der Waals surface area contributed by atoms with Crippen LogP contribution in [0, 0.1) is 6.92 Å². The summed E-state index contributed by atoms with van der Waals surface area (Å²) >= 11 is 0. The summed E-state index contributed by atoms with van der Waals surface area (Å²) in [5.41, 5.74) is 6.53. The molecule has 0 aromatic heterocycles. The number of nitrogens with zero attached hydrogens (tertiary/aromatic N) is 1. The van der Waals surface area contributed by atoms with Crippen molar-refractivity contribution in [2.24, 2.45) is 0 Å². The normalized spacial score (nSPS) is 12.5. The highest BCUT2D eigenvalue weighted by Crippen LogP contribution is 2.35. The maximum absolute atomic E-state index is 13.3. The van der Waals surface area contributed by atoms with Gasteiger partial charge in [0.15, 0.2) is 29.5 Å².